The van der Waals surface area contributed by atoms with E-state index < -0.39 is 0 Å². The van der Waals surface area contributed by atoms with E-state index in [-0.39, 0.29) is 6.61 Å². The number of anilines is 2. The lowest BCUT2D eigenvalue weighted by atomic mass is 10.2. The van der Waals surface area contributed by atoms with Crippen molar-refractivity contribution in [2.45, 2.75) is 13.3 Å². The van der Waals surface area contributed by atoms with Crippen molar-refractivity contribution in [3.8, 4) is 11.8 Å². The zero-order valence-electron chi connectivity index (χ0n) is 8.04. The monoisotopic (exact) mass is 191 g/mol. The van der Waals surface area contributed by atoms with Crippen LogP contribution in [-0.4, -0.2) is 16.7 Å². The Balaban J connectivity index is 3.00. The molecule has 0 aliphatic heterocycles. The van der Waals surface area contributed by atoms with Crippen molar-refractivity contribution in [1.82, 2.24) is 4.98 Å². The predicted molar refractivity (Wildman–Crippen MR) is 56.4 cm³/mol. The number of hydrogen-bond acceptors (Lipinski definition) is 4. The van der Waals surface area contributed by atoms with Crippen molar-refractivity contribution in [2.24, 2.45) is 0 Å². The number of aryl methyl sites for hydroxylation is 1. The first kappa shape index (κ1) is 10.4. The van der Waals surface area contributed by atoms with Crippen LogP contribution in [0.15, 0.2) is 6.07 Å². The molecule has 0 atom stereocenters. The fourth-order valence-corrected chi connectivity index (χ4v) is 0.980. The first-order valence-electron chi connectivity index (χ1n) is 4.27. The molecule has 0 radical (unpaired) electrons. The number of hydrogen-bond donors (Lipinski definition) is 3. The molecule has 0 fully saturated rings. The molecule has 4 nitrogen and oxygen atoms in total. The van der Waals surface area contributed by atoms with Crippen molar-refractivity contribution >= 4 is 11.5 Å². The molecular weight excluding hydrogens is 178 g/mol. The Hall–Kier alpha value is -1.73. The molecule has 14 heavy (non-hydrogen) atoms. The normalized spacial score (nSPS) is 9.29. The maximum Gasteiger partial charge on any atom is 0.146 e. The van der Waals surface area contributed by atoms with Crippen LogP contribution in [0.1, 0.15) is 17.7 Å². The highest BCUT2D eigenvalue weighted by molar-refractivity contribution is 5.62. The van der Waals surface area contributed by atoms with Gasteiger partial charge in [0.1, 0.15) is 5.82 Å². The molecule has 0 aliphatic carbocycles. The summed E-state index contributed by atoms with van der Waals surface area (Å²) in [5.74, 6) is 6.01. The summed E-state index contributed by atoms with van der Waals surface area (Å²) < 4.78 is 0. The van der Waals surface area contributed by atoms with E-state index in [1.165, 1.54) is 0 Å². The summed E-state index contributed by atoms with van der Waals surface area (Å²) in [5.41, 5.74) is 13.1. The fourth-order valence-electron chi connectivity index (χ4n) is 0.980. The van der Waals surface area contributed by atoms with Gasteiger partial charge in [-0.05, 0) is 13.0 Å². The molecule has 0 unspecified atom stereocenters. The number of aromatic nitrogens is 1. The van der Waals surface area contributed by atoms with Gasteiger partial charge in [-0.2, -0.15) is 0 Å². The van der Waals surface area contributed by atoms with Gasteiger partial charge in [0.05, 0.1) is 18.0 Å². The van der Waals surface area contributed by atoms with Gasteiger partial charge in [0, 0.05) is 12.0 Å². The number of aliphatic hydroxyl groups excluding tert-OH is 1. The van der Waals surface area contributed by atoms with Crippen LogP contribution >= 0.6 is 0 Å². The van der Waals surface area contributed by atoms with Gasteiger partial charge in [-0.3, -0.25) is 0 Å². The Morgan fingerprint density at radius 1 is 1.50 bits per heavy atom. The third-order valence-corrected chi connectivity index (χ3v) is 1.73. The smallest absolute Gasteiger partial charge is 0.146 e. The number of aliphatic hydroxyl groups is 1. The van der Waals surface area contributed by atoms with E-state index in [1.807, 2.05) is 6.92 Å². The van der Waals surface area contributed by atoms with Crippen LogP contribution in [0.25, 0.3) is 0 Å². The molecule has 4 heteroatoms. The standard InChI is InChI=1S/C10H13N3O/c1-7-8(4-2-3-5-14)6-9(11)10(12)13-7/h6,14H,3,5,11H2,1H3,(H2,12,13). The third kappa shape index (κ3) is 2.38. The SMILES string of the molecule is Cc1nc(N)c(N)cc1C#CCCO. The molecule has 0 aliphatic rings. The summed E-state index contributed by atoms with van der Waals surface area (Å²) in [6.45, 7) is 1.88. The number of rotatable bonds is 1. The number of pyridine rings is 1. The van der Waals surface area contributed by atoms with Gasteiger partial charge in [0.15, 0.2) is 0 Å². The molecule has 0 aromatic carbocycles. The van der Waals surface area contributed by atoms with Gasteiger partial charge in [-0.15, -0.1) is 0 Å². The van der Waals surface area contributed by atoms with E-state index in [0.717, 1.165) is 11.3 Å². The zero-order valence-corrected chi connectivity index (χ0v) is 8.04. The highest BCUT2D eigenvalue weighted by Gasteiger charge is 2.01. The van der Waals surface area contributed by atoms with Crippen molar-refractivity contribution in [2.75, 3.05) is 18.1 Å². The maximum atomic E-state index is 8.55. The van der Waals surface area contributed by atoms with Crippen LogP contribution < -0.4 is 11.5 Å². The molecule has 1 aromatic rings. The lowest BCUT2D eigenvalue weighted by Crippen LogP contribution is -2.01. The van der Waals surface area contributed by atoms with Crippen LogP contribution in [-0.2, 0) is 0 Å². The Labute approximate surface area is 82.9 Å². The zero-order chi connectivity index (χ0) is 10.6. The molecule has 1 rings (SSSR count). The second-order valence-corrected chi connectivity index (χ2v) is 2.87. The van der Waals surface area contributed by atoms with E-state index >= 15 is 0 Å². The lowest BCUT2D eigenvalue weighted by Gasteiger charge is -2.02. The minimum atomic E-state index is 0.0595. The van der Waals surface area contributed by atoms with Gasteiger partial charge < -0.3 is 16.6 Å². The first-order valence-corrected chi connectivity index (χ1v) is 4.27. The molecular formula is C10H13N3O. The Morgan fingerprint density at radius 3 is 2.86 bits per heavy atom. The molecule has 0 bridgehead atoms. The minimum absolute atomic E-state index is 0.0595. The Kier molecular flexibility index (Phi) is 3.32. The van der Waals surface area contributed by atoms with Gasteiger partial charge in [-0.25, -0.2) is 4.98 Å². The summed E-state index contributed by atoms with van der Waals surface area (Å²) >= 11 is 0. The van der Waals surface area contributed by atoms with Crippen molar-refractivity contribution in [3.63, 3.8) is 0 Å². The van der Waals surface area contributed by atoms with E-state index in [1.54, 1.807) is 6.07 Å². The number of nitrogens with zero attached hydrogens (tertiary/aromatic N) is 1. The number of nitrogens with two attached hydrogens (primary N) is 2. The molecule has 0 amide bonds. The highest BCUT2D eigenvalue weighted by Crippen LogP contribution is 2.15. The molecule has 0 spiro atoms. The molecule has 74 valence electrons. The van der Waals surface area contributed by atoms with Crippen LogP contribution in [0.4, 0.5) is 11.5 Å². The summed E-state index contributed by atoms with van der Waals surface area (Å²) in [6.07, 6.45) is 0.448. The second-order valence-electron chi connectivity index (χ2n) is 2.87. The van der Waals surface area contributed by atoms with Gasteiger partial charge in [0.25, 0.3) is 0 Å². The first-order chi connectivity index (χ1) is 6.65. The summed E-state index contributed by atoms with van der Waals surface area (Å²) in [6, 6.07) is 1.70. The third-order valence-electron chi connectivity index (χ3n) is 1.73. The van der Waals surface area contributed by atoms with E-state index in [2.05, 4.69) is 16.8 Å². The van der Waals surface area contributed by atoms with Crippen LogP contribution in [0.3, 0.4) is 0 Å². The van der Waals surface area contributed by atoms with Crippen molar-refractivity contribution in [3.05, 3.63) is 17.3 Å². The minimum Gasteiger partial charge on any atom is -0.396 e. The fraction of sp³-hybridized carbons (Fsp3) is 0.300. The van der Waals surface area contributed by atoms with Gasteiger partial charge in [-0.1, -0.05) is 11.8 Å². The van der Waals surface area contributed by atoms with Crippen LogP contribution in [0.2, 0.25) is 0 Å². The van der Waals surface area contributed by atoms with Crippen LogP contribution in [0, 0.1) is 18.8 Å². The average molecular weight is 191 g/mol. The molecule has 1 aromatic heterocycles. The predicted octanol–water partition coefficient (Wildman–Crippen LogP) is 0.288. The Bertz CT molecular complexity index is 390. The quantitative estimate of drug-likeness (QED) is 0.557. The highest BCUT2D eigenvalue weighted by atomic mass is 16.2. The van der Waals surface area contributed by atoms with E-state index in [9.17, 15) is 0 Å². The van der Waals surface area contributed by atoms with Crippen molar-refractivity contribution in [1.29, 1.82) is 0 Å². The molecule has 1 heterocycles. The van der Waals surface area contributed by atoms with Gasteiger partial charge >= 0.3 is 0 Å². The number of nitrogen functional groups attached to an aromatic ring is 2. The molecule has 0 saturated heterocycles. The summed E-state index contributed by atoms with van der Waals surface area (Å²) in [5, 5.41) is 8.55. The van der Waals surface area contributed by atoms with Crippen molar-refractivity contribution < 1.29 is 5.11 Å². The molecule has 5 N–H and O–H groups in total. The topological polar surface area (TPSA) is 85.2 Å². The lowest BCUT2D eigenvalue weighted by molar-refractivity contribution is 0.305. The second kappa shape index (κ2) is 4.49. The van der Waals surface area contributed by atoms with Gasteiger partial charge in [0.2, 0.25) is 0 Å². The average Bonchev–Trinajstić information content (AvgIpc) is 2.14. The van der Waals surface area contributed by atoms with Crippen LogP contribution in [0.5, 0.6) is 0 Å². The van der Waals surface area contributed by atoms with E-state index in [0.29, 0.717) is 17.9 Å². The summed E-state index contributed by atoms with van der Waals surface area (Å²) in [4.78, 5) is 4.04. The molecule has 0 saturated carbocycles. The summed E-state index contributed by atoms with van der Waals surface area (Å²) in [7, 11) is 0. The Morgan fingerprint density at radius 2 is 2.21 bits per heavy atom. The van der Waals surface area contributed by atoms with E-state index in [4.69, 9.17) is 16.6 Å². The maximum absolute atomic E-state index is 8.55. The largest absolute Gasteiger partial charge is 0.396 e.